The van der Waals surface area contributed by atoms with E-state index in [1.54, 1.807) is 6.26 Å². The van der Waals surface area contributed by atoms with Gasteiger partial charge >= 0.3 is 0 Å². The van der Waals surface area contributed by atoms with Crippen LogP contribution in [0.3, 0.4) is 0 Å². The standard InChI is InChI=1S/C14H24BrN3O/c1-3-11-10-17(2)6-4-7-18(11)13(9-16)14-12(15)5-8-19-14/h5,8,11,13H,3-4,6-7,9-10,16H2,1-2H3. The number of hydrogen-bond acceptors (Lipinski definition) is 4. The van der Waals surface area contributed by atoms with Gasteiger partial charge in [-0.3, -0.25) is 4.90 Å². The molecule has 2 N–H and O–H groups in total. The van der Waals surface area contributed by atoms with E-state index in [2.05, 4.69) is 39.7 Å². The van der Waals surface area contributed by atoms with E-state index in [1.807, 2.05) is 6.07 Å². The lowest BCUT2D eigenvalue weighted by Crippen LogP contribution is -2.44. The Kier molecular flexibility index (Phi) is 5.45. The van der Waals surface area contributed by atoms with Gasteiger partial charge in [-0.1, -0.05) is 6.92 Å². The van der Waals surface area contributed by atoms with Crippen molar-refractivity contribution in [3.63, 3.8) is 0 Å². The first-order valence-electron chi connectivity index (χ1n) is 7.04. The van der Waals surface area contributed by atoms with Crippen molar-refractivity contribution in [2.45, 2.75) is 31.8 Å². The molecule has 4 nitrogen and oxygen atoms in total. The van der Waals surface area contributed by atoms with E-state index in [-0.39, 0.29) is 6.04 Å². The predicted molar refractivity (Wildman–Crippen MR) is 81.1 cm³/mol. The topological polar surface area (TPSA) is 45.6 Å². The molecule has 0 aliphatic carbocycles. The molecular formula is C14H24BrN3O. The molecule has 0 saturated carbocycles. The largest absolute Gasteiger partial charge is 0.466 e. The molecule has 1 aliphatic heterocycles. The van der Waals surface area contributed by atoms with Crippen LogP contribution in [0.2, 0.25) is 0 Å². The summed E-state index contributed by atoms with van der Waals surface area (Å²) in [6, 6.07) is 2.65. The molecule has 108 valence electrons. The molecular weight excluding hydrogens is 306 g/mol. The number of nitrogens with zero attached hydrogens (tertiary/aromatic N) is 2. The second-order valence-corrected chi connectivity index (χ2v) is 6.15. The van der Waals surface area contributed by atoms with E-state index in [0.717, 1.165) is 36.3 Å². The van der Waals surface area contributed by atoms with Gasteiger partial charge in [0.1, 0.15) is 5.76 Å². The minimum absolute atomic E-state index is 0.167. The SMILES string of the molecule is CCC1CN(C)CCCN1C(CN)c1occc1Br. The Labute approximate surface area is 124 Å². The summed E-state index contributed by atoms with van der Waals surface area (Å²) in [7, 11) is 2.20. The molecule has 2 unspecified atom stereocenters. The highest BCUT2D eigenvalue weighted by atomic mass is 79.9. The molecule has 0 radical (unpaired) electrons. The van der Waals surface area contributed by atoms with Crippen LogP contribution in [0.5, 0.6) is 0 Å². The van der Waals surface area contributed by atoms with Crippen molar-refractivity contribution in [2.75, 3.05) is 33.2 Å². The summed E-state index contributed by atoms with van der Waals surface area (Å²) in [6.07, 6.45) is 4.05. The van der Waals surface area contributed by atoms with Gasteiger partial charge in [0.25, 0.3) is 0 Å². The van der Waals surface area contributed by atoms with Crippen LogP contribution in [-0.2, 0) is 0 Å². The average molecular weight is 330 g/mol. The predicted octanol–water partition coefficient (Wildman–Crippen LogP) is 2.46. The summed E-state index contributed by atoms with van der Waals surface area (Å²) < 4.78 is 6.67. The summed E-state index contributed by atoms with van der Waals surface area (Å²) in [4.78, 5) is 4.94. The Bertz CT molecular complexity index is 396. The third-order valence-corrected chi connectivity index (χ3v) is 4.64. The smallest absolute Gasteiger partial charge is 0.136 e. The highest BCUT2D eigenvalue weighted by molar-refractivity contribution is 9.10. The van der Waals surface area contributed by atoms with Crippen LogP contribution in [0, 0.1) is 0 Å². The number of furan rings is 1. The van der Waals surface area contributed by atoms with Gasteiger partial charge in [-0.15, -0.1) is 0 Å². The molecule has 5 heteroatoms. The zero-order chi connectivity index (χ0) is 13.8. The minimum atomic E-state index is 0.167. The van der Waals surface area contributed by atoms with Gasteiger partial charge in [0.2, 0.25) is 0 Å². The molecule has 1 fully saturated rings. The van der Waals surface area contributed by atoms with E-state index in [1.165, 1.54) is 6.42 Å². The van der Waals surface area contributed by atoms with Crippen LogP contribution in [0.4, 0.5) is 0 Å². The Morgan fingerprint density at radius 3 is 2.89 bits per heavy atom. The summed E-state index contributed by atoms with van der Waals surface area (Å²) in [6.45, 7) is 6.18. The Hall–Kier alpha value is -0.360. The van der Waals surface area contributed by atoms with Gasteiger partial charge in [0.05, 0.1) is 16.8 Å². The lowest BCUT2D eigenvalue weighted by molar-refractivity contribution is 0.116. The molecule has 1 aliphatic rings. The second kappa shape index (κ2) is 6.88. The normalized spacial score (nSPS) is 24.3. The highest BCUT2D eigenvalue weighted by Gasteiger charge is 2.31. The maximum absolute atomic E-state index is 6.03. The third-order valence-electron chi connectivity index (χ3n) is 3.99. The number of rotatable bonds is 4. The summed E-state index contributed by atoms with van der Waals surface area (Å²) in [5, 5.41) is 0. The van der Waals surface area contributed by atoms with Crippen molar-refractivity contribution in [1.29, 1.82) is 0 Å². The van der Waals surface area contributed by atoms with E-state index in [0.29, 0.717) is 12.6 Å². The number of nitrogens with two attached hydrogens (primary N) is 1. The summed E-state index contributed by atoms with van der Waals surface area (Å²) >= 11 is 3.56. The lowest BCUT2D eigenvalue weighted by Gasteiger charge is -2.35. The first-order chi connectivity index (χ1) is 9.17. The van der Waals surface area contributed by atoms with Crippen LogP contribution in [-0.4, -0.2) is 49.1 Å². The summed E-state index contributed by atoms with van der Waals surface area (Å²) in [5.74, 6) is 0.963. The quantitative estimate of drug-likeness (QED) is 0.921. The second-order valence-electron chi connectivity index (χ2n) is 5.30. The highest BCUT2D eigenvalue weighted by Crippen LogP contribution is 2.31. The molecule has 0 aromatic carbocycles. The van der Waals surface area contributed by atoms with Crippen molar-refractivity contribution < 1.29 is 4.42 Å². The molecule has 0 spiro atoms. The number of likely N-dealkylation sites (N-methyl/N-ethyl adjacent to an activating group) is 1. The molecule has 1 aromatic heterocycles. The molecule has 1 aromatic rings. The third kappa shape index (κ3) is 3.40. The molecule has 2 atom stereocenters. The molecule has 0 amide bonds. The molecule has 2 rings (SSSR count). The Balaban J connectivity index is 2.22. The molecule has 1 saturated heterocycles. The maximum Gasteiger partial charge on any atom is 0.136 e. The fourth-order valence-electron chi connectivity index (χ4n) is 2.97. The molecule has 0 bridgehead atoms. The van der Waals surface area contributed by atoms with Gasteiger partial charge < -0.3 is 15.1 Å². The van der Waals surface area contributed by atoms with Crippen molar-refractivity contribution in [2.24, 2.45) is 5.73 Å². The number of hydrogen-bond donors (Lipinski definition) is 1. The first kappa shape index (κ1) is 15.0. The van der Waals surface area contributed by atoms with Crippen LogP contribution >= 0.6 is 15.9 Å². The van der Waals surface area contributed by atoms with Gasteiger partial charge in [-0.05, 0) is 48.4 Å². The van der Waals surface area contributed by atoms with E-state index in [4.69, 9.17) is 10.2 Å². The first-order valence-corrected chi connectivity index (χ1v) is 7.83. The Morgan fingerprint density at radius 1 is 1.53 bits per heavy atom. The van der Waals surface area contributed by atoms with Crippen LogP contribution < -0.4 is 5.73 Å². The average Bonchev–Trinajstić information content (AvgIpc) is 2.72. The van der Waals surface area contributed by atoms with E-state index >= 15 is 0 Å². The minimum Gasteiger partial charge on any atom is -0.466 e. The van der Waals surface area contributed by atoms with Crippen LogP contribution in [0.1, 0.15) is 31.6 Å². The Morgan fingerprint density at radius 2 is 2.32 bits per heavy atom. The van der Waals surface area contributed by atoms with Gasteiger partial charge in [-0.2, -0.15) is 0 Å². The maximum atomic E-state index is 6.03. The monoisotopic (exact) mass is 329 g/mol. The number of halogens is 1. The van der Waals surface area contributed by atoms with E-state index < -0.39 is 0 Å². The zero-order valence-electron chi connectivity index (χ0n) is 11.8. The van der Waals surface area contributed by atoms with Crippen molar-refractivity contribution >= 4 is 15.9 Å². The summed E-state index contributed by atoms with van der Waals surface area (Å²) in [5.41, 5.74) is 6.03. The van der Waals surface area contributed by atoms with Crippen LogP contribution in [0.15, 0.2) is 21.2 Å². The molecule has 19 heavy (non-hydrogen) atoms. The van der Waals surface area contributed by atoms with Crippen molar-refractivity contribution in [1.82, 2.24) is 9.80 Å². The zero-order valence-corrected chi connectivity index (χ0v) is 13.4. The van der Waals surface area contributed by atoms with Crippen LogP contribution in [0.25, 0.3) is 0 Å². The lowest BCUT2D eigenvalue weighted by atomic mass is 10.1. The van der Waals surface area contributed by atoms with Crippen molar-refractivity contribution in [3.8, 4) is 0 Å². The molecule has 2 heterocycles. The van der Waals surface area contributed by atoms with Gasteiger partial charge in [0, 0.05) is 25.7 Å². The van der Waals surface area contributed by atoms with Gasteiger partial charge in [-0.25, -0.2) is 0 Å². The fraction of sp³-hybridized carbons (Fsp3) is 0.714. The van der Waals surface area contributed by atoms with E-state index in [9.17, 15) is 0 Å². The van der Waals surface area contributed by atoms with Crippen molar-refractivity contribution in [3.05, 3.63) is 22.6 Å². The fourth-order valence-corrected chi connectivity index (χ4v) is 3.44. The van der Waals surface area contributed by atoms with Gasteiger partial charge in [0.15, 0.2) is 0 Å².